The van der Waals surface area contributed by atoms with Gasteiger partial charge in [-0.25, -0.2) is 4.39 Å². The van der Waals surface area contributed by atoms with Gasteiger partial charge in [0.2, 0.25) is 5.50 Å². The molecule has 0 aliphatic heterocycles. The molecular formula is C29H54FNO3S. The van der Waals surface area contributed by atoms with Crippen LogP contribution in [-0.4, -0.2) is 25.5 Å². The van der Waals surface area contributed by atoms with Crippen molar-refractivity contribution in [2.24, 2.45) is 0 Å². The summed E-state index contributed by atoms with van der Waals surface area (Å²) in [5.74, 6) is 0. The lowest BCUT2D eigenvalue weighted by Gasteiger charge is -2.10. The van der Waals surface area contributed by atoms with Gasteiger partial charge in [0.25, 0.3) is 10.1 Å². The van der Waals surface area contributed by atoms with Gasteiger partial charge in [-0.3, -0.25) is 9.17 Å². The van der Waals surface area contributed by atoms with Gasteiger partial charge in [-0.2, -0.15) is 8.42 Å². The Morgan fingerprint density at radius 1 is 0.629 bits per heavy atom. The molecule has 1 atom stereocenters. The molecule has 0 saturated carbocycles. The first-order valence-corrected chi connectivity index (χ1v) is 15.9. The molecule has 0 saturated heterocycles. The highest BCUT2D eigenvalue weighted by molar-refractivity contribution is 7.87. The molecule has 0 radical (unpaired) electrons. The van der Waals surface area contributed by atoms with Crippen LogP contribution >= 0.6 is 0 Å². The first-order chi connectivity index (χ1) is 17.0. The highest BCUT2D eigenvalue weighted by Gasteiger charge is 2.25. The summed E-state index contributed by atoms with van der Waals surface area (Å²) in [4.78, 5) is 3.78. The van der Waals surface area contributed by atoms with Crippen LogP contribution in [0, 0.1) is 0 Å². The van der Waals surface area contributed by atoms with E-state index < -0.39 is 15.6 Å². The number of hydrogen-bond acceptors (Lipinski definition) is 4. The summed E-state index contributed by atoms with van der Waals surface area (Å²) in [5.41, 5.74) is -1.87. The van der Waals surface area contributed by atoms with E-state index in [-0.39, 0.29) is 13.0 Å². The summed E-state index contributed by atoms with van der Waals surface area (Å²) in [5, 5.41) is 0. The first kappa shape index (κ1) is 34.0. The van der Waals surface area contributed by atoms with Crippen molar-refractivity contribution in [2.75, 3.05) is 6.61 Å². The maximum atomic E-state index is 13.9. The van der Waals surface area contributed by atoms with E-state index in [0.29, 0.717) is 12.8 Å². The number of nitrogens with zero attached hydrogens (tertiary/aromatic N) is 1. The van der Waals surface area contributed by atoms with Crippen molar-refractivity contribution in [3.8, 4) is 0 Å². The largest absolute Gasteiger partial charge is 0.299 e. The van der Waals surface area contributed by atoms with E-state index in [2.05, 4.69) is 18.8 Å². The molecule has 1 rings (SSSR count). The minimum Gasteiger partial charge on any atom is -0.268 e. The van der Waals surface area contributed by atoms with Crippen LogP contribution in [0.3, 0.4) is 0 Å². The Labute approximate surface area is 217 Å². The van der Waals surface area contributed by atoms with Gasteiger partial charge in [-0.1, -0.05) is 129 Å². The molecule has 0 aliphatic rings. The standard InChI is InChI=1S/C24H49FO3S.C5H5N/c1-3-5-7-9-10-11-12-13-14-15-16-17-19-21-23-28-29(26,27)24(25)22-20-18-8-6-4-2;1-2-4-6-5-3-1/h24H,3-23H2,1-2H3;1-5H. The number of pyridine rings is 1. The Kier molecular flexibility index (Phi) is 25.3. The number of hydrogen-bond donors (Lipinski definition) is 0. The van der Waals surface area contributed by atoms with Crippen LogP contribution in [-0.2, 0) is 14.3 Å². The number of unbranched alkanes of at least 4 members (excludes halogenated alkanes) is 17. The zero-order valence-corrected chi connectivity index (χ0v) is 23.6. The second kappa shape index (κ2) is 26.1. The van der Waals surface area contributed by atoms with Crippen molar-refractivity contribution >= 4 is 10.1 Å². The minimum atomic E-state index is -4.04. The van der Waals surface area contributed by atoms with Crippen molar-refractivity contribution in [3.63, 3.8) is 0 Å². The zero-order chi connectivity index (χ0) is 25.9. The van der Waals surface area contributed by atoms with Crippen LogP contribution in [0.25, 0.3) is 0 Å². The van der Waals surface area contributed by atoms with Crippen molar-refractivity contribution in [2.45, 2.75) is 148 Å². The van der Waals surface area contributed by atoms with Crippen molar-refractivity contribution < 1.29 is 17.0 Å². The van der Waals surface area contributed by atoms with Crippen LogP contribution in [0.15, 0.2) is 30.6 Å². The summed E-state index contributed by atoms with van der Waals surface area (Å²) in [6.45, 7) is 4.50. The smallest absolute Gasteiger partial charge is 0.268 e. The van der Waals surface area contributed by atoms with Crippen LogP contribution in [0.4, 0.5) is 4.39 Å². The molecule has 35 heavy (non-hydrogen) atoms. The fourth-order valence-corrected chi connectivity index (χ4v) is 4.86. The Hall–Kier alpha value is -1.01. The third kappa shape index (κ3) is 24.5. The highest BCUT2D eigenvalue weighted by atomic mass is 32.2. The normalized spacial score (nSPS) is 12.2. The van der Waals surface area contributed by atoms with Gasteiger partial charge < -0.3 is 0 Å². The maximum Gasteiger partial charge on any atom is 0.299 e. The van der Waals surface area contributed by atoms with Crippen LogP contribution in [0.2, 0.25) is 0 Å². The average Bonchev–Trinajstić information content (AvgIpc) is 2.87. The van der Waals surface area contributed by atoms with Gasteiger partial charge >= 0.3 is 0 Å². The molecule has 6 heteroatoms. The number of halogens is 1. The summed E-state index contributed by atoms with van der Waals surface area (Å²) >= 11 is 0. The van der Waals surface area contributed by atoms with E-state index in [1.54, 1.807) is 12.4 Å². The van der Waals surface area contributed by atoms with Gasteiger partial charge in [0.15, 0.2) is 0 Å². The molecule has 1 heterocycles. The highest BCUT2D eigenvalue weighted by Crippen LogP contribution is 2.17. The molecule has 1 aromatic rings. The third-order valence-electron chi connectivity index (χ3n) is 6.16. The van der Waals surface area contributed by atoms with Crippen LogP contribution in [0.5, 0.6) is 0 Å². The second-order valence-corrected chi connectivity index (χ2v) is 11.3. The lowest BCUT2D eigenvalue weighted by molar-refractivity contribution is 0.270. The monoisotopic (exact) mass is 515 g/mol. The molecule has 0 aliphatic carbocycles. The average molecular weight is 516 g/mol. The molecule has 4 nitrogen and oxygen atoms in total. The van der Waals surface area contributed by atoms with Gasteiger partial charge in [-0.15, -0.1) is 0 Å². The van der Waals surface area contributed by atoms with Crippen molar-refractivity contribution in [3.05, 3.63) is 30.6 Å². The molecule has 0 N–H and O–H groups in total. The molecule has 206 valence electrons. The molecule has 0 bridgehead atoms. The lowest BCUT2D eigenvalue weighted by atomic mass is 10.0. The Morgan fingerprint density at radius 2 is 1.03 bits per heavy atom. The SMILES string of the molecule is CCCCCCCCCCCCCCCCOS(=O)(=O)C(F)CCCCCCC.c1ccncc1. The van der Waals surface area contributed by atoms with Crippen molar-refractivity contribution in [1.29, 1.82) is 0 Å². The quantitative estimate of drug-likeness (QED) is 0.107. The Bertz CT molecular complexity index is 601. The topological polar surface area (TPSA) is 56.3 Å². The Balaban J connectivity index is 0.00000166. The van der Waals surface area contributed by atoms with Gasteiger partial charge in [0, 0.05) is 12.4 Å². The first-order valence-electron chi connectivity index (χ1n) is 14.4. The summed E-state index contributed by atoms with van der Waals surface area (Å²) in [7, 11) is -4.04. The molecule has 0 fully saturated rings. The number of alkyl halides is 1. The number of rotatable bonds is 23. The maximum absolute atomic E-state index is 13.9. The van der Waals surface area contributed by atoms with E-state index in [1.807, 2.05) is 18.2 Å². The third-order valence-corrected chi connectivity index (χ3v) is 7.52. The molecule has 1 unspecified atom stereocenters. The van der Waals surface area contributed by atoms with Crippen LogP contribution in [0.1, 0.15) is 142 Å². The summed E-state index contributed by atoms with van der Waals surface area (Å²) in [6, 6.07) is 5.72. The molecule has 0 aromatic carbocycles. The van der Waals surface area contributed by atoms with Crippen molar-refractivity contribution in [1.82, 2.24) is 4.98 Å². The molecule has 0 amide bonds. The van der Waals surface area contributed by atoms with Gasteiger partial charge in [0.05, 0.1) is 6.61 Å². The van der Waals surface area contributed by atoms with Gasteiger partial charge in [-0.05, 0) is 31.4 Å². The van der Waals surface area contributed by atoms with E-state index in [1.165, 1.54) is 70.6 Å². The predicted molar refractivity (Wildman–Crippen MR) is 148 cm³/mol. The van der Waals surface area contributed by atoms with E-state index in [4.69, 9.17) is 4.18 Å². The van der Waals surface area contributed by atoms with E-state index in [0.717, 1.165) is 38.5 Å². The lowest BCUT2D eigenvalue weighted by Crippen LogP contribution is -2.19. The van der Waals surface area contributed by atoms with E-state index in [9.17, 15) is 12.8 Å². The summed E-state index contributed by atoms with van der Waals surface area (Å²) < 4.78 is 42.3. The summed E-state index contributed by atoms with van der Waals surface area (Å²) in [6.07, 6.45) is 25.9. The molecule has 0 spiro atoms. The van der Waals surface area contributed by atoms with Crippen LogP contribution < -0.4 is 0 Å². The minimum absolute atomic E-state index is 0.0603. The molecule has 1 aromatic heterocycles. The molecular weight excluding hydrogens is 461 g/mol. The fraction of sp³-hybridized carbons (Fsp3) is 0.828. The Morgan fingerprint density at radius 3 is 1.40 bits per heavy atom. The zero-order valence-electron chi connectivity index (χ0n) is 22.8. The predicted octanol–water partition coefficient (Wildman–Crippen LogP) is 9.55. The fourth-order valence-electron chi connectivity index (χ4n) is 3.91. The second-order valence-electron chi connectivity index (χ2n) is 9.55. The number of aromatic nitrogens is 1. The van der Waals surface area contributed by atoms with Gasteiger partial charge in [0.1, 0.15) is 0 Å². The van der Waals surface area contributed by atoms with E-state index >= 15 is 0 Å².